The standard InChI is InChI=1S/C16H22FNO/c1-10(2)18-15-7-14(17)12(9-19)6-13(15)11(3)8-16(18,4)5/h6-7,9-11H,8H2,1-5H3/t11-/m0/s1. The molecule has 0 aliphatic carbocycles. The van der Waals surface area contributed by atoms with Crippen LogP contribution >= 0.6 is 0 Å². The van der Waals surface area contributed by atoms with Crippen molar-refractivity contribution in [3.8, 4) is 0 Å². The van der Waals surface area contributed by atoms with Crippen molar-refractivity contribution in [2.24, 2.45) is 0 Å². The fourth-order valence-electron chi connectivity index (χ4n) is 3.55. The van der Waals surface area contributed by atoms with E-state index in [0.717, 1.165) is 17.7 Å². The molecule has 0 aromatic heterocycles. The zero-order chi connectivity index (χ0) is 14.4. The van der Waals surface area contributed by atoms with Gasteiger partial charge in [0.05, 0.1) is 5.56 Å². The molecule has 0 bridgehead atoms. The summed E-state index contributed by atoms with van der Waals surface area (Å²) in [5.41, 5.74) is 2.17. The predicted molar refractivity (Wildman–Crippen MR) is 76.5 cm³/mol. The summed E-state index contributed by atoms with van der Waals surface area (Å²) < 4.78 is 13.9. The second kappa shape index (κ2) is 4.62. The van der Waals surface area contributed by atoms with Gasteiger partial charge in [-0.15, -0.1) is 0 Å². The van der Waals surface area contributed by atoms with E-state index in [1.165, 1.54) is 6.07 Å². The third-order valence-electron chi connectivity index (χ3n) is 4.04. The van der Waals surface area contributed by atoms with Gasteiger partial charge in [-0.25, -0.2) is 4.39 Å². The maximum absolute atomic E-state index is 13.9. The van der Waals surface area contributed by atoms with Crippen molar-refractivity contribution in [1.82, 2.24) is 0 Å². The van der Waals surface area contributed by atoms with E-state index in [2.05, 4.69) is 39.5 Å². The zero-order valence-electron chi connectivity index (χ0n) is 12.3. The Morgan fingerprint density at radius 2 is 2.05 bits per heavy atom. The largest absolute Gasteiger partial charge is 0.364 e. The van der Waals surface area contributed by atoms with Crippen molar-refractivity contribution >= 4 is 12.0 Å². The van der Waals surface area contributed by atoms with E-state index in [-0.39, 0.29) is 11.1 Å². The Balaban J connectivity index is 2.65. The molecule has 1 heterocycles. The van der Waals surface area contributed by atoms with Crippen molar-refractivity contribution in [3.05, 3.63) is 29.1 Å². The highest BCUT2D eigenvalue weighted by atomic mass is 19.1. The average Bonchev–Trinajstić information content (AvgIpc) is 2.26. The van der Waals surface area contributed by atoms with Crippen molar-refractivity contribution in [1.29, 1.82) is 0 Å². The number of halogens is 1. The first kappa shape index (κ1) is 14.0. The molecule has 0 saturated carbocycles. The minimum absolute atomic E-state index is 0.00425. The van der Waals surface area contributed by atoms with E-state index in [9.17, 15) is 9.18 Å². The Hall–Kier alpha value is -1.38. The maximum atomic E-state index is 13.9. The van der Waals surface area contributed by atoms with Crippen molar-refractivity contribution in [3.63, 3.8) is 0 Å². The van der Waals surface area contributed by atoms with Crippen LogP contribution < -0.4 is 4.90 Å². The van der Waals surface area contributed by atoms with Crippen LogP contribution in [0, 0.1) is 5.82 Å². The van der Waals surface area contributed by atoms with Crippen LogP contribution in [0.5, 0.6) is 0 Å². The van der Waals surface area contributed by atoms with Gasteiger partial charge in [0.2, 0.25) is 0 Å². The van der Waals surface area contributed by atoms with Gasteiger partial charge in [-0.2, -0.15) is 0 Å². The SMILES string of the molecule is CC(C)N1c2cc(F)c(C=O)cc2[C@@H](C)CC1(C)C. The first-order valence-corrected chi connectivity index (χ1v) is 6.86. The second-order valence-electron chi connectivity index (χ2n) is 6.43. The molecule has 0 spiro atoms. The maximum Gasteiger partial charge on any atom is 0.153 e. The molecule has 0 fully saturated rings. The van der Waals surface area contributed by atoms with Crippen molar-refractivity contribution < 1.29 is 9.18 Å². The molecule has 104 valence electrons. The highest BCUT2D eigenvalue weighted by molar-refractivity contribution is 5.78. The van der Waals surface area contributed by atoms with Gasteiger partial charge in [-0.05, 0) is 57.7 Å². The fourth-order valence-corrected chi connectivity index (χ4v) is 3.55. The Morgan fingerprint density at radius 3 is 2.58 bits per heavy atom. The molecule has 0 saturated heterocycles. The predicted octanol–water partition coefficient (Wildman–Crippen LogP) is 4.14. The van der Waals surface area contributed by atoms with Crippen molar-refractivity contribution in [2.75, 3.05) is 4.90 Å². The Morgan fingerprint density at radius 1 is 1.42 bits per heavy atom. The Labute approximate surface area is 114 Å². The molecule has 1 atom stereocenters. The number of nitrogens with zero attached hydrogens (tertiary/aromatic N) is 1. The van der Waals surface area contributed by atoms with Crippen LogP contribution in [0.1, 0.15) is 62.9 Å². The van der Waals surface area contributed by atoms with Crippen LogP contribution in [0.4, 0.5) is 10.1 Å². The molecule has 19 heavy (non-hydrogen) atoms. The minimum atomic E-state index is -0.427. The molecular formula is C16H22FNO. The zero-order valence-corrected chi connectivity index (χ0v) is 12.3. The first-order valence-electron chi connectivity index (χ1n) is 6.86. The third-order valence-corrected chi connectivity index (χ3v) is 4.04. The van der Waals surface area contributed by atoms with Crippen LogP contribution in [-0.2, 0) is 0 Å². The molecule has 3 heteroatoms. The minimum Gasteiger partial charge on any atom is -0.364 e. The molecule has 0 unspecified atom stereocenters. The van der Waals surface area contributed by atoms with E-state index in [0.29, 0.717) is 18.2 Å². The molecule has 0 radical (unpaired) electrons. The molecule has 0 N–H and O–H groups in total. The Kier molecular flexibility index (Phi) is 3.41. The average molecular weight is 263 g/mol. The van der Waals surface area contributed by atoms with Gasteiger partial charge in [0.15, 0.2) is 6.29 Å². The molecule has 1 aliphatic heterocycles. The van der Waals surface area contributed by atoms with E-state index >= 15 is 0 Å². The molecule has 1 aliphatic rings. The summed E-state index contributed by atoms with van der Waals surface area (Å²) in [4.78, 5) is 13.2. The first-order chi connectivity index (χ1) is 8.77. The summed E-state index contributed by atoms with van der Waals surface area (Å²) in [7, 11) is 0. The summed E-state index contributed by atoms with van der Waals surface area (Å²) in [6.07, 6.45) is 1.60. The number of anilines is 1. The summed E-state index contributed by atoms with van der Waals surface area (Å²) >= 11 is 0. The van der Waals surface area contributed by atoms with Crippen molar-refractivity contribution in [2.45, 2.75) is 58.5 Å². The number of benzene rings is 1. The molecule has 0 amide bonds. The van der Waals surface area contributed by atoms with E-state index in [1.807, 2.05) is 0 Å². The molecule has 1 aromatic rings. The Bertz CT molecular complexity index is 508. The highest BCUT2D eigenvalue weighted by Crippen LogP contribution is 2.44. The van der Waals surface area contributed by atoms with Crippen LogP contribution in [0.25, 0.3) is 0 Å². The molecule has 2 nitrogen and oxygen atoms in total. The second-order valence-corrected chi connectivity index (χ2v) is 6.43. The molecule has 2 rings (SSSR count). The lowest BCUT2D eigenvalue weighted by molar-refractivity contribution is 0.111. The lowest BCUT2D eigenvalue weighted by Gasteiger charge is -2.50. The van der Waals surface area contributed by atoms with E-state index in [1.54, 1.807) is 6.07 Å². The number of hydrogen-bond acceptors (Lipinski definition) is 2. The number of aldehydes is 1. The van der Waals surface area contributed by atoms with Gasteiger partial charge < -0.3 is 4.90 Å². The number of carbonyl (C=O) groups excluding carboxylic acids is 1. The lowest BCUT2D eigenvalue weighted by atomic mass is 9.79. The monoisotopic (exact) mass is 263 g/mol. The molecular weight excluding hydrogens is 241 g/mol. The smallest absolute Gasteiger partial charge is 0.153 e. The van der Waals surface area contributed by atoms with Crippen LogP contribution in [0.15, 0.2) is 12.1 Å². The van der Waals surface area contributed by atoms with Crippen LogP contribution in [-0.4, -0.2) is 17.9 Å². The van der Waals surface area contributed by atoms with Crippen LogP contribution in [0.2, 0.25) is 0 Å². The lowest BCUT2D eigenvalue weighted by Crippen LogP contribution is -2.51. The van der Waals surface area contributed by atoms with E-state index < -0.39 is 5.82 Å². The summed E-state index contributed by atoms with van der Waals surface area (Å²) in [5, 5.41) is 0. The van der Waals surface area contributed by atoms with Gasteiger partial charge in [0.1, 0.15) is 5.82 Å². The van der Waals surface area contributed by atoms with Gasteiger partial charge >= 0.3 is 0 Å². The number of rotatable bonds is 2. The number of hydrogen-bond donors (Lipinski definition) is 0. The summed E-state index contributed by atoms with van der Waals surface area (Å²) in [6, 6.07) is 3.53. The summed E-state index contributed by atoms with van der Waals surface area (Å²) in [5.74, 6) is -0.0939. The molecule has 1 aromatic carbocycles. The number of fused-ring (bicyclic) bond motifs is 1. The van der Waals surface area contributed by atoms with Gasteiger partial charge in [-0.3, -0.25) is 4.79 Å². The fraction of sp³-hybridized carbons (Fsp3) is 0.562. The topological polar surface area (TPSA) is 20.3 Å². The highest BCUT2D eigenvalue weighted by Gasteiger charge is 2.38. The number of carbonyl (C=O) groups is 1. The van der Waals surface area contributed by atoms with Gasteiger partial charge in [0, 0.05) is 17.3 Å². The van der Waals surface area contributed by atoms with E-state index in [4.69, 9.17) is 0 Å². The normalized spacial score (nSPS) is 21.4. The van der Waals surface area contributed by atoms with Crippen LogP contribution in [0.3, 0.4) is 0 Å². The summed E-state index contributed by atoms with van der Waals surface area (Å²) in [6.45, 7) is 10.8. The van der Waals surface area contributed by atoms with Gasteiger partial charge in [0.25, 0.3) is 0 Å². The third kappa shape index (κ3) is 2.26. The van der Waals surface area contributed by atoms with Gasteiger partial charge in [-0.1, -0.05) is 6.92 Å². The quantitative estimate of drug-likeness (QED) is 0.747.